The summed E-state index contributed by atoms with van der Waals surface area (Å²) in [5, 5.41) is 0. The Morgan fingerprint density at radius 3 is 1.52 bits per heavy atom. The van der Waals surface area contributed by atoms with Crippen LogP contribution in [-0.4, -0.2) is 0 Å². The zero-order valence-electron chi connectivity index (χ0n) is 23.8. The van der Waals surface area contributed by atoms with Crippen molar-refractivity contribution in [2.45, 2.75) is 56.8 Å². The molecule has 5 aromatic rings. The van der Waals surface area contributed by atoms with E-state index in [0.29, 0.717) is 0 Å². The summed E-state index contributed by atoms with van der Waals surface area (Å²) in [6, 6.07) is 38.5. The first-order valence-electron chi connectivity index (χ1n) is 14.6. The van der Waals surface area contributed by atoms with Crippen LogP contribution in [0.1, 0.15) is 73.9 Å². The standard InChI is InChI=1S/C39H35N/c1-37(2)20-21-38(3,4)36-27(15-11-19-33(36)37)29-22-28-26-14-7-10-18-32(26)39(34(28)23-35(29)40)30-16-8-5-12-24(30)25-13-6-9-17-31(25)39/h5-19,22-23H,20-21,40H2,1-4H3. The predicted molar refractivity (Wildman–Crippen MR) is 168 cm³/mol. The van der Waals surface area contributed by atoms with Gasteiger partial charge in [0.05, 0.1) is 5.41 Å². The van der Waals surface area contributed by atoms with E-state index >= 15 is 0 Å². The van der Waals surface area contributed by atoms with Gasteiger partial charge in [0.2, 0.25) is 0 Å². The lowest BCUT2D eigenvalue weighted by Crippen LogP contribution is -2.34. The summed E-state index contributed by atoms with van der Waals surface area (Å²) in [5.74, 6) is 0. The monoisotopic (exact) mass is 517 g/mol. The van der Waals surface area contributed by atoms with Gasteiger partial charge < -0.3 is 5.73 Å². The van der Waals surface area contributed by atoms with Crippen LogP contribution in [-0.2, 0) is 16.2 Å². The lowest BCUT2D eigenvalue weighted by Gasteiger charge is -2.43. The molecule has 0 saturated heterocycles. The van der Waals surface area contributed by atoms with Crippen molar-refractivity contribution in [2.75, 3.05) is 5.73 Å². The van der Waals surface area contributed by atoms with Crippen LogP contribution >= 0.6 is 0 Å². The minimum Gasteiger partial charge on any atom is -0.398 e. The Labute approximate surface area is 237 Å². The molecule has 1 nitrogen and oxygen atoms in total. The average Bonchev–Trinajstić information content (AvgIpc) is 3.42. The summed E-state index contributed by atoms with van der Waals surface area (Å²) in [4.78, 5) is 0. The van der Waals surface area contributed by atoms with Gasteiger partial charge in [-0.15, -0.1) is 0 Å². The van der Waals surface area contributed by atoms with Gasteiger partial charge in [0, 0.05) is 11.3 Å². The summed E-state index contributed by atoms with van der Waals surface area (Å²) in [6.07, 6.45) is 2.37. The van der Waals surface area contributed by atoms with E-state index in [1.54, 1.807) is 0 Å². The molecule has 1 spiro atoms. The van der Waals surface area contributed by atoms with Gasteiger partial charge in [0.1, 0.15) is 0 Å². The molecule has 0 radical (unpaired) electrons. The third-order valence-electron chi connectivity index (χ3n) is 10.3. The lowest BCUT2D eigenvalue weighted by atomic mass is 9.61. The number of nitrogen functional groups attached to an aromatic ring is 1. The summed E-state index contributed by atoms with van der Waals surface area (Å²) < 4.78 is 0. The van der Waals surface area contributed by atoms with Gasteiger partial charge in [-0.1, -0.05) is 119 Å². The maximum atomic E-state index is 7.14. The molecule has 5 aromatic carbocycles. The molecule has 0 atom stereocenters. The van der Waals surface area contributed by atoms with Crippen LogP contribution in [0.25, 0.3) is 33.4 Å². The highest BCUT2D eigenvalue weighted by Crippen LogP contribution is 2.63. The number of rotatable bonds is 1. The summed E-state index contributed by atoms with van der Waals surface area (Å²) in [5.41, 5.74) is 23.9. The highest BCUT2D eigenvalue weighted by atomic mass is 14.6. The first-order valence-corrected chi connectivity index (χ1v) is 14.6. The van der Waals surface area contributed by atoms with Crippen LogP contribution < -0.4 is 5.73 Å². The fourth-order valence-corrected chi connectivity index (χ4v) is 8.34. The van der Waals surface area contributed by atoms with Gasteiger partial charge >= 0.3 is 0 Å². The second kappa shape index (κ2) is 7.76. The molecule has 0 heterocycles. The first kappa shape index (κ1) is 23.8. The third kappa shape index (κ3) is 2.83. The van der Waals surface area contributed by atoms with Crippen LogP contribution in [0, 0.1) is 0 Å². The third-order valence-corrected chi connectivity index (χ3v) is 10.3. The molecule has 40 heavy (non-hydrogen) atoms. The Kier molecular flexibility index (Phi) is 4.61. The molecular weight excluding hydrogens is 482 g/mol. The molecule has 196 valence electrons. The zero-order valence-corrected chi connectivity index (χ0v) is 23.8. The Bertz CT molecular complexity index is 1820. The van der Waals surface area contributed by atoms with Crippen molar-refractivity contribution >= 4 is 5.69 Å². The van der Waals surface area contributed by atoms with E-state index in [-0.39, 0.29) is 16.2 Å². The van der Waals surface area contributed by atoms with Crippen molar-refractivity contribution in [3.63, 3.8) is 0 Å². The molecular formula is C39H35N. The highest BCUT2D eigenvalue weighted by molar-refractivity contribution is 5.98. The van der Waals surface area contributed by atoms with Gasteiger partial charge in [0.25, 0.3) is 0 Å². The summed E-state index contributed by atoms with van der Waals surface area (Å²) in [6.45, 7) is 9.60. The van der Waals surface area contributed by atoms with Crippen molar-refractivity contribution in [2.24, 2.45) is 0 Å². The molecule has 2 N–H and O–H groups in total. The number of hydrogen-bond donors (Lipinski definition) is 1. The van der Waals surface area contributed by atoms with E-state index in [1.165, 1.54) is 74.0 Å². The van der Waals surface area contributed by atoms with E-state index in [0.717, 1.165) is 11.3 Å². The second-order valence-electron chi connectivity index (χ2n) is 13.4. The molecule has 3 aliphatic carbocycles. The number of benzene rings is 5. The topological polar surface area (TPSA) is 26.0 Å². The fourth-order valence-electron chi connectivity index (χ4n) is 8.34. The molecule has 0 aromatic heterocycles. The normalized spacial score (nSPS) is 18.0. The Hall–Kier alpha value is -4.10. The van der Waals surface area contributed by atoms with E-state index in [1.807, 2.05) is 0 Å². The van der Waals surface area contributed by atoms with E-state index < -0.39 is 0 Å². The Morgan fingerprint density at radius 2 is 0.925 bits per heavy atom. The van der Waals surface area contributed by atoms with Crippen molar-refractivity contribution in [1.82, 2.24) is 0 Å². The van der Waals surface area contributed by atoms with Crippen LogP contribution in [0.15, 0.2) is 103 Å². The number of hydrogen-bond acceptors (Lipinski definition) is 1. The van der Waals surface area contributed by atoms with Crippen LogP contribution in [0.5, 0.6) is 0 Å². The van der Waals surface area contributed by atoms with Crippen molar-refractivity contribution < 1.29 is 0 Å². The SMILES string of the molecule is CC1(C)CCC(C)(C)c2c(-c3cc4c(cc3N)C3(c5ccccc5-c5ccccc53)c3ccccc3-4)cccc21. The molecule has 0 saturated carbocycles. The van der Waals surface area contributed by atoms with Crippen molar-refractivity contribution in [1.29, 1.82) is 0 Å². The maximum Gasteiger partial charge on any atom is 0.0726 e. The smallest absolute Gasteiger partial charge is 0.0726 e. The summed E-state index contributed by atoms with van der Waals surface area (Å²) >= 11 is 0. The van der Waals surface area contributed by atoms with Gasteiger partial charge in [-0.3, -0.25) is 0 Å². The van der Waals surface area contributed by atoms with Crippen molar-refractivity contribution in [3.05, 3.63) is 137 Å². The summed E-state index contributed by atoms with van der Waals surface area (Å²) in [7, 11) is 0. The molecule has 8 rings (SSSR count). The van der Waals surface area contributed by atoms with Gasteiger partial charge in [-0.2, -0.15) is 0 Å². The largest absolute Gasteiger partial charge is 0.398 e. The van der Waals surface area contributed by atoms with E-state index in [9.17, 15) is 0 Å². The Balaban J connectivity index is 1.46. The van der Waals surface area contributed by atoms with Gasteiger partial charge in [-0.25, -0.2) is 0 Å². The minimum atomic E-state index is -0.358. The molecule has 3 aliphatic rings. The average molecular weight is 518 g/mol. The van der Waals surface area contributed by atoms with Gasteiger partial charge in [0.15, 0.2) is 0 Å². The molecule has 1 heteroatoms. The minimum absolute atomic E-state index is 0.0926. The van der Waals surface area contributed by atoms with E-state index in [2.05, 4.69) is 131 Å². The van der Waals surface area contributed by atoms with Crippen LogP contribution in [0.3, 0.4) is 0 Å². The zero-order chi connectivity index (χ0) is 27.4. The fraction of sp³-hybridized carbons (Fsp3) is 0.231. The van der Waals surface area contributed by atoms with Crippen molar-refractivity contribution in [3.8, 4) is 33.4 Å². The van der Waals surface area contributed by atoms with E-state index in [4.69, 9.17) is 5.73 Å². The molecule has 0 unspecified atom stereocenters. The number of anilines is 1. The molecule has 0 fully saturated rings. The molecule has 0 amide bonds. The highest BCUT2D eigenvalue weighted by Gasteiger charge is 2.51. The van der Waals surface area contributed by atoms with Crippen LogP contribution in [0.2, 0.25) is 0 Å². The molecule has 0 bridgehead atoms. The lowest BCUT2D eigenvalue weighted by molar-refractivity contribution is 0.333. The second-order valence-corrected chi connectivity index (χ2v) is 13.4. The quantitative estimate of drug-likeness (QED) is 0.216. The van der Waals surface area contributed by atoms with Gasteiger partial charge in [-0.05, 0) is 97.0 Å². The predicted octanol–water partition coefficient (Wildman–Crippen LogP) is 9.63. The van der Waals surface area contributed by atoms with Crippen LogP contribution in [0.4, 0.5) is 5.69 Å². The first-order chi connectivity index (χ1) is 19.2. The maximum absolute atomic E-state index is 7.14. The Morgan fingerprint density at radius 1 is 0.450 bits per heavy atom. The number of fused-ring (bicyclic) bond motifs is 11. The number of nitrogens with two attached hydrogens (primary N) is 1. The molecule has 0 aliphatic heterocycles.